The van der Waals surface area contributed by atoms with E-state index in [1.165, 1.54) is 11.3 Å². The number of hydrogen-bond acceptors (Lipinski definition) is 7. The molecule has 11 nitrogen and oxygen atoms in total. The Morgan fingerprint density at radius 1 is 1.08 bits per heavy atom. The highest BCUT2D eigenvalue weighted by molar-refractivity contribution is 6.38. The van der Waals surface area contributed by atoms with E-state index in [-0.39, 0.29) is 48.1 Å². The summed E-state index contributed by atoms with van der Waals surface area (Å²) in [5.74, 6) is -1.72. The van der Waals surface area contributed by atoms with Crippen LogP contribution in [0.1, 0.15) is 118 Å². The number of nitrogens with one attached hydrogen (secondary N) is 3. The van der Waals surface area contributed by atoms with Gasteiger partial charge in [-0.15, -0.1) is 0 Å². The first-order chi connectivity index (χ1) is 24.4. The Labute approximate surface area is 312 Å². The van der Waals surface area contributed by atoms with Gasteiger partial charge < -0.3 is 25.7 Å². The monoisotopic (exact) mass is 737 g/mol. The number of oxime groups is 1. The first-order valence-corrected chi connectivity index (χ1v) is 19.5. The number of fused-ring (bicyclic) bond motifs is 2. The lowest BCUT2D eigenvalue weighted by atomic mass is 9.66. The number of carbonyl (C=O) groups excluding carboxylic acids is 5. The molecule has 2 heterocycles. The maximum absolute atomic E-state index is 14.8. The standard InChI is InChI=1S/C40H56ClN5O6/c1-8-10-28(32(48)35(50)42-27-13-14-27)43-34(49)30-21-40(20-29(45-52-40)23-11-9-12-26(41)17-23)22-46(30)36(51)33(37(2,3)4)44-31(47)19-25-18-24-15-16-39(25,7)38(24,5)6/h9,11-12,17,24-25,27-28,30,33H,8,10,13-16,18-22H2,1-7H3,(H,42,50)(H,43,49)(H,44,47)/t24-,25?,28+,30+,33-,39+,40-/m1/s1. The third kappa shape index (κ3) is 7.35. The Bertz CT molecular complexity index is 1650. The van der Waals surface area contributed by atoms with Crippen LogP contribution >= 0.6 is 11.6 Å². The second-order valence-electron chi connectivity index (χ2n) is 18.0. The van der Waals surface area contributed by atoms with Crippen LogP contribution in [0.3, 0.4) is 0 Å². The van der Waals surface area contributed by atoms with E-state index >= 15 is 0 Å². The molecule has 3 saturated carbocycles. The molecule has 6 rings (SSSR count). The van der Waals surface area contributed by atoms with E-state index in [2.05, 4.69) is 41.9 Å². The highest BCUT2D eigenvalue weighted by atomic mass is 35.5. The van der Waals surface area contributed by atoms with E-state index in [4.69, 9.17) is 16.4 Å². The number of likely N-dealkylation sites (tertiary alicyclic amines) is 1. The summed E-state index contributed by atoms with van der Waals surface area (Å²) in [6.07, 6.45) is 6.55. The third-order valence-corrected chi connectivity index (χ3v) is 13.4. The smallest absolute Gasteiger partial charge is 0.289 e. The SMILES string of the molecule is CCC[C@H](NC(=O)[C@@H]1C[C@]2(CC(c3cccc(Cl)c3)=NO2)CN1C(=O)[C@@H](NC(=O)CC1C[C@H]2CC[C@]1(C)C2(C)C)C(C)(C)C)C(=O)C(=O)NC1CC1. The Morgan fingerprint density at radius 3 is 2.40 bits per heavy atom. The van der Waals surface area contributed by atoms with E-state index in [0.29, 0.717) is 35.9 Å². The van der Waals surface area contributed by atoms with Crippen LogP contribution in [-0.2, 0) is 28.8 Å². The molecule has 1 aromatic carbocycles. The Kier molecular flexibility index (Phi) is 10.4. The van der Waals surface area contributed by atoms with E-state index in [1.807, 2.05) is 39.8 Å². The van der Waals surface area contributed by atoms with Crippen molar-refractivity contribution in [2.45, 2.75) is 142 Å². The van der Waals surface area contributed by atoms with Gasteiger partial charge >= 0.3 is 0 Å². The van der Waals surface area contributed by atoms with Crippen molar-refractivity contribution < 1.29 is 28.8 Å². The fraction of sp³-hybridized carbons (Fsp3) is 0.700. The van der Waals surface area contributed by atoms with Crippen molar-refractivity contribution in [2.24, 2.45) is 33.2 Å². The second kappa shape index (κ2) is 14.1. The number of Topliss-reactive ketones (excluding diaryl/α,β-unsaturated/α-hetero) is 1. The van der Waals surface area contributed by atoms with Crippen LogP contribution in [0.2, 0.25) is 5.02 Å². The first kappa shape index (κ1) is 38.3. The summed E-state index contributed by atoms with van der Waals surface area (Å²) in [4.78, 5) is 76.5. The Balaban J connectivity index is 1.23. The van der Waals surface area contributed by atoms with Crippen LogP contribution in [-0.4, -0.2) is 76.3 Å². The number of carbonyl (C=O) groups is 5. The van der Waals surface area contributed by atoms with Gasteiger partial charge in [-0.2, -0.15) is 0 Å². The number of amides is 4. The molecule has 1 saturated heterocycles. The lowest BCUT2D eigenvalue weighted by Gasteiger charge is -2.40. The van der Waals surface area contributed by atoms with E-state index in [0.717, 1.165) is 31.2 Å². The van der Waals surface area contributed by atoms with Crippen molar-refractivity contribution in [3.05, 3.63) is 34.9 Å². The third-order valence-electron chi connectivity index (χ3n) is 13.2. The summed E-state index contributed by atoms with van der Waals surface area (Å²) in [7, 11) is 0. The molecule has 0 radical (unpaired) electrons. The fourth-order valence-corrected chi connectivity index (χ4v) is 9.55. The van der Waals surface area contributed by atoms with Crippen LogP contribution in [0, 0.1) is 28.1 Å². The molecule has 7 atom stereocenters. The number of nitrogens with zero attached hydrogens (tertiary/aromatic N) is 2. The average Bonchev–Trinajstić information content (AvgIpc) is 3.52. The van der Waals surface area contributed by atoms with Gasteiger partial charge in [0, 0.05) is 35.9 Å². The van der Waals surface area contributed by atoms with Crippen LogP contribution in [0.4, 0.5) is 0 Å². The van der Waals surface area contributed by atoms with Crippen molar-refractivity contribution >= 4 is 46.7 Å². The summed E-state index contributed by atoms with van der Waals surface area (Å²) < 4.78 is 0. The molecule has 2 bridgehead atoms. The number of ketones is 1. The molecule has 1 aromatic rings. The minimum atomic E-state index is -1.04. The van der Waals surface area contributed by atoms with Gasteiger partial charge in [0.25, 0.3) is 5.91 Å². The van der Waals surface area contributed by atoms with E-state index < -0.39 is 52.6 Å². The van der Waals surface area contributed by atoms with Gasteiger partial charge in [0.15, 0.2) is 5.60 Å². The van der Waals surface area contributed by atoms with Gasteiger partial charge in [-0.25, -0.2) is 0 Å². The van der Waals surface area contributed by atoms with Crippen molar-refractivity contribution in [1.29, 1.82) is 0 Å². The second-order valence-corrected chi connectivity index (χ2v) is 18.5. The van der Waals surface area contributed by atoms with Crippen LogP contribution < -0.4 is 16.0 Å². The van der Waals surface area contributed by atoms with Gasteiger partial charge in [-0.1, -0.05) is 83.8 Å². The lowest BCUT2D eigenvalue weighted by Crippen LogP contribution is -2.59. The zero-order valence-electron chi connectivity index (χ0n) is 31.8. The molecular weight excluding hydrogens is 682 g/mol. The summed E-state index contributed by atoms with van der Waals surface area (Å²) in [6, 6.07) is 4.25. The van der Waals surface area contributed by atoms with Gasteiger partial charge in [-0.05, 0) is 78.7 Å². The zero-order chi connectivity index (χ0) is 37.8. The molecule has 284 valence electrons. The highest BCUT2D eigenvalue weighted by Gasteiger charge is 2.61. The van der Waals surface area contributed by atoms with Gasteiger partial charge in [0.05, 0.1) is 18.3 Å². The highest BCUT2D eigenvalue weighted by Crippen LogP contribution is 2.68. The van der Waals surface area contributed by atoms with E-state index in [1.54, 1.807) is 12.1 Å². The number of benzene rings is 1. The zero-order valence-corrected chi connectivity index (χ0v) is 32.5. The Morgan fingerprint density at radius 2 is 1.81 bits per heavy atom. The molecule has 3 N–H and O–H groups in total. The maximum atomic E-state index is 14.8. The predicted octanol–water partition coefficient (Wildman–Crippen LogP) is 5.32. The van der Waals surface area contributed by atoms with Crippen molar-refractivity contribution in [2.75, 3.05) is 6.54 Å². The molecule has 4 amide bonds. The molecule has 52 heavy (non-hydrogen) atoms. The molecule has 0 aromatic heterocycles. The van der Waals surface area contributed by atoms with Crippen LogP contribution in [0.25, 0.3) is 0 Å². The van der Waals surface area contributed by atoms with Crippen molar-refractivity contribution in [3.63, 3.8) is 0 Å². The van der Waals surface area contributed by atoms with Crippen molar-refractivity contribution in [3.8, 4) is 0 Å². The number of halogens is 1. The molecule has 12 heteroatoms. The maximum Gasteiger partial charge on any atom is 0.289 e. The number of rotatable bonds is 12. The molecule has 3 aliphatic carbocycles. The minimum absolute atomic E-state index is 0.00635. The molecule has 4 fully saturated rings. The number of hydrogen-bond donors (Lipinski definition) is 3. The quantitative estimate of drug-likeness (QED) is 0.248. The molecule has 1 spiro atoms. The van der Waals surface area contributed by atoms with Crippen LogP contribution in [0.15, 0.2) is 29.4 Å². The molecule has 1 unspecified atom stereocenters. The summed E-state index contributed by atoms with van der Waals surface area (Å²) >= 11 is 6.28. The molecule has 2 aliphatic heterocycles. The van der Waals surface area contributed by atoms with E-state index in [9.17, 15) is 24.0 Å². The lowest BCUT2D eigenvalue weighted by molar-refractivity contribution is -0.145. The fourth-order valence-electron chi connectivity index (χ4n) is 9.36. The normalized spacial score (nSPS) is 30.0. The topological polar surface area (TPSA) is 146 Å². The Hall–Kier alpha value is -3.47. The van der Waals surface area contributed by atoms with Gasteiger partial charge in [0.2, 0.25) is 23.5 Å². The predicted molar refractivity (Wildman–Crippen MR) is 198 cm³/mol. The van der Waals surface area contributed by atoms with Gasteiger partial charge in [-0.3, -0.25) is 24.0 Å². The summed E-state index contributed by atoms with van der Waals surface area (Å²) in [5.41, 5.74) is -0.0635. The average molecular weight is 738 g/mol. The van der Waals surface area contributed by atoms with Crippen molar-refractivity contribution in [1.82, 2.24) is 20.9 Å². The first-order valence-electron chi connectivity index (χ1n) is 19.1. The largest absolute Gasteiger partial charge is 0.387 e. The summed E-state index contributed by atoms with van der Waals surface area (Å²) in [5, 5.41) is 13.6. The van der Waals surface area contributed by atoms with Crippen LogP contribution in [0.5, 0.6) is 0 Å². The molecule has 5 aliphatic rings. The summed E-state index contributed by atoms with van der Waals surface area (Å²) in [6.45, 7) is 14.6. The molecular formula is C40H56ClN5O6. The minimum Gasteiger partial charge on any atom is -0.387 e. The van der Waals surface area contributed by atoms with Gasteiger partial charge in [0.1, 0.15) is 12.1 Å².